The number of rotatable bonds is 6. The van der Waals surface area contributed by atoms with Gasteiger partial charge >= 0.3 is 0 Å². The largest absolute Gasteiger partial charge is 0.265 e. The Kier molecular flexibility index (Phi) is 5.79. The SMILES string of the molecule is N#CC(C#N)=C(CC(C[N+](=O)[O-])c1ccc2ccccc2c1)c1ccccc1. The quantitative estimate of drug-likeness (QED) is 0.345. The second kappa shape index (κ2) is 8.62. The molecule has 0 spiro atoms. The summed E-state index contributed by atoms with van der Waals surface area (Å²) >= 11 is 0. The summed E-state index contributed by atoms with van der Waals surface area (Å²) in [5.74, 6) is -0.452. The standard InChI is InChI=1S/C23H17N3O2/c24-14-22(15-25)23(18-7-2-1-3-8-18)13-21(16-26(27)28)20-11-10-17-6-4-5-9-19(17)12-20/h1-12,21H,13,16H2. The fraction of sp³-hybridized carbons (Fsp3) is 0.130. The molecule has 0 saturated carbocycles. The van der Waals surface area contributed by atoms with Crippen LogP contribution in [-0.4, -0.2) is 11.5 Å². The molecule has 3 aromatic rings. The lowest BCUT2D eigenvalue weighted by Crippen LogP contribution is -2.14. The van der Waals surface area contributed by atoms with Crippen LogP contribution in [0.3, 0.4) is 0 Å². The Morgan fingerprint density at radius 3 is 2.21 bits per heavy atom. The first-order chi connectivity index (χ1) is 13.6. The second-order valence-corrected chi connectivity index (χ2v) is 6.47. The molecule has 136 valence electrons. The van der Waals surface area contributed by atoms with Crippen LogP contribution in [0, 0.1) is 32.8 Å². The summed E-state index contributed by atoms with van der Waals surface area (Å²) in [6.45, 7) is -0.279. The maximum atomic E-state index is 11.3. The summed E-state index contributed by atoms with van der Waals surface area (Å²) in [6, 6.07) is 26.6. The average molecular weight is 367 g/mol. The molecule has 0 aliphatic carbocycles. The van der Waals surface area contributed by atoms with Gasteiger partial charge in [0.05, 0.1) is 5.92 Å². The molecule has 0 radical (unpaired) electrons. The molecule has 0 aliphatic heterocycles. The van der Waals surface area contributed by atoms with Crippen molar-refractivity contribution in [2.75, 3.05) is 6.54 Å². The van der Waals surface area contributed by atoms with E-state index in [1.807, 2.05) is 84.9 Å². The molecular formula is C23H17N3O2. The average Bonchev–Trinajstić information content (AvgIpc) is 2.73. The van der Waals surface area contributed by atoms with Crippen LogP contribution in [0.2, 0.25) is 0 Å². The number of nitro groups is 1. The van der Waals surface area contributed by atoms with E-state index >= 15 is 0 Å². The van der Waals surface area contributed by atoms with Crippen LogP contribution in [0.25, 0.3) is 16.3 Å². The molecule has 0 amide bonds. The van der Waals surface area contributed by atoms with Crippen molar-refractivity contribution in [1.82, 2.24) is 0 Å². The number of fused-ring (bicyclic) bond motifs is 1. The van der Waals surface area contributed by atoms with Gasteiger partial charge in [-0.05, 0) is 33.9 Å². The molecule has 1 atom stereocenters. The molecule has 0 fully saturated rings. The van der Waals surface area contributed by atoms with E-state index in [9.17, 15) is 20.6 Å². The Balaban J connectivity index is 2.07. The Morgan fingerprint density at radius 1 is 0.929 bits per heavy atom. The first-order valence-corrected chi connectivity index (χ1v) is 8.81. The zero-order chi connectivity index (χ0) is 19.9. The molecule has 5 heteroatoms. The van der Waals surface area contributed by atoms with Gasteiger partial charge < -0.3 is 0 Å². The van der Waals surface area contributed by atoms with E-state index in [4.69, 9.17) is 0 Å². The predicted octanol–water partition coefficient (Wildman–Crippen LogP) is 5.09. The topological polar surface area (TPSA) is 90.7 Å². The van der Waals surface area contributed by atoms with Crippen LogP contribution < -0.4 is 0 Å². The first kappa shape index (κ1) is 18.8. The van der Waals surface area contributed by atoms with E-state index in [1.54, 1.807) is 0 Å². The van der Waals surface area contributed by atoms with Crippen molar-refractivity contribution in [3.63, 3.8) is 0 Å². The monoisotopic (exact) mass is 367 g/mol. The van der Waals surface area contributed by atoms with Crippen LogP contribution in [0.15, 0.2) is 78.4 Å². The molecule has 5 nitrogen and oxygen atoms in total. The van der Waals surface area contributed by atoms with Crippen molar-refractivity contribution in [2.45, 2.75) is 12.3 Å². The molecule has 0 aliphatic rings. The molecule has 3 rings (SSSR count). The maximum absolute atomic E-state index is 11.3. The Bertz CT molecular complexity index is 1110. The minimum absolute atomic E-state index is 0.0136. The molecule has 0 saturated heterocycles. The summed E-state index contributed by atoms with van der Waals surface area (Å²) in [5.41, 5.74) is 2.07. The second-order valence-electron chi connectivity index (χ2n) is 6.47. The van der Waals surface area contributed by atoms with Gasteiger partial charge in [0.25, 0.3) is 0 Å². The van der Waals surface area contributed by atoms with Crippen molar-refractivity contribution >= 4 is 16.3 Å². The molecule has 28 heavy (non-hydrogen) atoms. The van der Waals surface area contributed by atoms with E-state index in [0.29, 0.717) is 5.57 Å². The third-order valence-electron chi connectivity index (χ3n) is 4.71. The predicted molar refractivity (Wildman–Crippen MR) is 108 cm³/mol. The van der Waals surface area contributed by atoms with Crippen molar-refractivity contribution < 1.29 is 4.92 Å². The van der Waals surface area contributed by atoms with Gasteiger partial charge in [0.1, 0.15) is 17.7 Å². The number of nitriles is 2. The van der Waals surface area contributed by atoms with Gasteiger partial charge in [0.15, 0.2) is 0 Å². The third-order valence-corrected chi connectivity index (χ3v) is 4.71. The van der Waals surface area contributed by atoms with E-state index in [0.717, 1.165) is 21.9 Å². The fourth-order valence-electron chi connectivity index (χ4n) is 3.34. The molecule has 0 N–H and O–H groups in total. The summed E-state index contributed by atoms with van der Waals surface area (Å²) in [5, 5.41) is 32.2. The number of allylic oxidation sites excluding steroid dienone is 2. The van der Waals surface area contributed by atoms with E-state index in [2.05, 4.69) is 0 Å². The lowest BCUT2D eigenvalue weighted by molar-refractivity contribution is -0.483. The zero-order valence-electron chi connectivity index (χ0n) is 15.1. The van der Waals surface area contributed by atoms with Gasteiger partial charge in [-0.3, -0.25) is 10.1 Å². The van der Waals surface area contributed by atoms with Crippen LogP contribution in [0.1, 0.15) is 23.5 Å². The number of nitrogens with zero attached hydrogens (tertiary/aromatic N) is 3. The van der Waals surface area contributed by atoms with Gasteiger partial charge in [0.2, 0.25) is 6.54 Å². The van der Waals surface area contributed by atoms with Crippen molar-refractivity contribution in [3.8, 4) is 12.1 Å². The van der Waals surface area contributed by atoms with Crippen molar-refractivity contribution in [2.24, 2.45) is 0 Å². The molecule has 1 unspecified atom stereocenters. The van der Waals surface area contributed by atoms with Crippen LogP contribution in [-0.2, 0) is 0 Å². The third kappa shape index (κ3) is 4.23. The number of hydrogen-bond acceptors (Lipinski definition) is 4. The zero-order valence-corrected chi connectivity index (χ0v) is 15.1. The van der Waals surface area contributed by atoms with Crippen LogP contribution >= 0.6 is 0 Å². The molecule has 3 aromatic carbocycles. The molecular weight excluding hydrogens is 350 g/mol. The van der Waals surface area contributed by atoms with E-state index in [1.165, 1.54) is 0 Å². The fourth-order valence-corrected chi connectivity index (χ4v) is 3.34. The highest BCUT2D eigenvalue weighted by atomic mass is 16.6. The summed E-state index contributed by atoms with van der Waals surface area (Å²) in [7, 11) is 0. The van der Waals surface area contributed by atoms with E-state index in [-0.39, 0.29) is 23.5 Å². The van der Waals surface area contributed by atoms with Gasteiger partial charge in [-0.25, -0.2) is 0 Å². The van der Waals surface area contributed by atoms with Crippen LogP contribution in [0.5, 0.6) is 0 Å². The lowest BCUT2D eigenvalue weighted by Gasteiger charge is -2.17. The van der Waals surface area contributed by atoms with Gasteiger partial charge in [-0.1, -0.05) is 72.8 Å². The number of hydrogen-bond donors (Lipinski definition) is 0. The Morgan fingerprint density at radius 2 is 1.57 bits per heavy atom. The van der Waals surface area contributed by atoms with Crippen molar-refractivity contribution in [1.29, 1.82) is 10.5 Å². The van der Waals surface area contributed by atoms with Gasteiger partial charge in [-0.2, -0.15) is 10.5 Å². The highest BCUT2D eigenvalue weighted by molar-refractivity contribution is 5.83. The highest BCUT2D eigenvalue weighted by Crippen LogP contribution is 2.33. The van der Waals surface area contributed by atoms with Crippen LogP contribution in [0.4, 0.5) is 0 Å². The summed E-state index contributed by atoms with van der Waals surface area (Å²) in [4.78, 5) is 11.0. The minimum atomic E-state index is -0.452. The van der Waals surface area contributed by atoms with Crippen molar-refractivity contribution in [3.05, 3.63) is 99.6 Å². The molecule has 0 heterocycles. The number of benzene rings is 3. The molecule has 0 aromatic heterocycles. The van der Waals surface area contributed by atoms with Gasteiger partial charge in [0, 0.05) is 4.92 Å². The Labute approximate surface area is 162 Å². The molecule has 0 bridgehead atoms. The van der Waals surface area contributed by atoms with Gasteiger partial charge in [-0.15, -0.1) is 0 Å². The summed E-state index contributed by atoms with van der Waals surface area (Å²) in [6.07, 6.45) is 0.236. The summed E-state index contributed by atoms with van der Waals surface area (Å²) < 4.78 is 0. The Hall–Kier alpha value is -3.96. The highest BCUT2D eigenvalue weighted by Gasteiger charge is 2.23. The smallest absolute Gasteiger partial charge is 0.211 e. The normalized spacial score (nSPS) is 11.2. The maximum Gasteiger partial charge on any atom is 0.211 e. The first-order valence-electron chi connectivity index (χ1n) is 8.81. The van der Waals surface area contributed by atoms with E-state index < -0.39 is 5.92 Å². The minimum Gasteiger partial charge on any atom is -0.265 e. The lowest BCUT2D eigenvalue weighted by atomic mass is 9.86.